The van der Waals surface area contributed by atoms with Gasteiger partial charge in [0.1, 0.15) is 67.9 Å². The Morgan fingerprint density at radius 2 is 0.940 bits per heavy atom. The van der Waals surface area contributed by atoms with E-state index in [1.54, 1.807) is 4.57 Å². The maximum Gasteiger partial charge on any atom is 1.00 e. The van der Waals surface area contributed by atoms with Crippen molar-refractivity contribution in [2.45, 2.75) is 182 Å². The molecule has 454 valence electrons. The second kappa shape index (κ2) is 28.0. The number of aliphatic hydroxyl groups excluding tert-OH is 7. The van der Waals surface area contributed by atoms with Crippen LogP contribution in [0.15, 0.2) is 25.3 Å². The Morgan fingerprint density at radius 1 is 0.560 bits per heavy atom. The number of hydrogen-bond donors (Lipinski definition) is 10. The van der Waals surface area contributed by atoms with Crippen LogP contribution in [0.5, 0.6) is 0 Å². The summed E-state index contributed by atoms with van der Waals surface area (Å²) < 4.78 is 57.2. The number of aromatic nitrogens is 12. The smallest absolute Gasteiger partial charge is 0.726 e. The molecular weight excluding hydrogens is 1190 g/mol. The summed E-state index contributed by atoms with van der Waals surface area (Å²) >= 11 is 12.2. The van der Waals surface area contributed by atoms with E-state index in [9.17, 15) is 58.8 Å². The topological polar surface area (TPSA) is 455 Å². The molecule has 0 bridgehead atoms. The Kier molecular flexibility index (Phi) is 21.3. The van der Waals surface area contributed by atoms with Crippen LogP contribution < -0.4 is 45.5 Å². The van der Waals surface area contributed by atoms with Crippen LogP contribution in [0.3, 0.4) is 0 Å². The largest absolute Gasteiger partial charge is 1.00 e. The molecule has 6 aromatic rings. The van der Waals surface area contributed by atoms with Crippen LogP contribution in [0.2, 0.25) is 10.6 Å². The molecule has 0 unspecified atom stereocenters. The van der Waals surface area contributed by atoms with Crippen molar-refractivity contribution in [3.8, 4) is 0 Å². The van der Waals surface area contributed by atoms with Gasteiger partial charge in [-0.05, 0) is 61.7 Å². The Labute approximate surface area is 510 Å². The van der Waals surface area contributed by atoms with E-state index in [4.69, 9.17) is 37.4 Å². The number of anilines is 3. The Balaban J connectivity index is 0.000000151. The summed E-state index contributed by atoms with van der Waals surface area (Å²) in [6.45, 7) is -1.62. The average molecular weight is 1250 g/mol. The van der Waals surface area contributed by atoms with Gasteiger partial charge in [-0.1, -0.05) is 51.4 Å². The van der Waals surface area contributed by atoms with Crippen molar-refractivity contribution < 1.29 is 107 Å². The summed E-state index contributed by atoms with van der Waals surface area (Å²) in [6.07, 6.45) is 7.12. The van der Waals surface area contributed by atoms with Crippen LogP contribution in [0.1, 0.15) is 109 Å². The summed E-state index contributed by atoms with van der Waals surface area (Å²) in [4.78, 5) is 53.0. The van der Waals surface area contributed by atoms with Crippen LogP contribution in [0.25, 0.3) is 33.5 Å². The summed E-state index contributed by atoms with van der Waals surface area (Å²) in [7, 11) is -4.97. The summed E-state index contributed by atoms with van der Waals surface area (Å²) in [5.41, 5.74) is 2.56. The van der Waals surface area contributed by atoms with Gasteiger partial charge in [-0.15, -0.1) is 10.1 Å². The van der Waals surface area contributed by atoms with Crippen molar-refractivity contribution in [1.29, 1.82) is 0 Å². The van der Waals surface area contributed by atoms with Gasteiger partial charge < -0.3 is 75.3 Å². The number of ether oxygens (including phenoxy) is 3. The first-order chi connectivity index (χ1) is 39.8. The number of aliphatic hydroxyl groups is 7. The summed E-state index contributed by atoms with van der Waals surface area (Å²) in [5, 5.41) is 89.9. The van der Waals surface area contributed by atoms with Crippen molar-refractivity contribution in [2.75, 3.05) is 35.8 Å². The minimum atomic E-state index is -4.97. The zero-order valence-corrected chi connectivity index (χ0v) is 49.5. The fourth-order valence-electron chi connectivity index (χ4n) is 11.2. The molecule has 3 saturated carbocycles. The maximum absolute atomic E-state index is 10.7. The Morgan fingerprint density at radius 3 is 1.36 bits per heavy atom. The number of rotatable bonds is 16. The van der Waals surface area contributed by atoms with Gasteiger partial charge in [0.15, 0.2) is 69.6 Å². The third kappa shape index (κ3) is 14.5. The summed E-state index contributed by atoms with van der Waals surface area (Å²) in [5.74, 6) is 1.62. The van der Waals surface area contributed by atoms with Crippen molar-refractivity contribution >= 4 is 84.5 Å². The predicted molar refractivity (Wildman–Crippen MR) is 286 cm³/mol. The van der Waals surface area contributed by atoms with E-state index in [0.29, 0.717) is 51.3 Å². The van der Waals surface area contributed by atoms with Crippen LogP contribution in [0.4, 0.5) is 17.5 Å². The van der Waals surface area contributed by atoms with E-state index in [0.717, 1.165) is 64.2 Å². The number of fused-ring (bicyclic) bond motifs is 3. The molecule has 3 aliphatic carbocycles. The standard InChI is InChI=1S/C16H21ClN6O6.C16H22ClN5O7S.C15H21N5O4.Na/c17-16-20-13(19-8-4-2-1-3-5-8)10-14(21-16)22(7-18-10)15-12(25)11(24)9(29-15)6-28-23(26)27;17-16-20-13(19-8-4-2-1-3-5-8)10-14(21-16)22(7-18-10)15-12(24)11(23)9(29-15)6-28-30(25,26)27;21-5-9-11(22)12(23)15(24-9)20-7-18-10-13(16-6-17-14(10)20)19-8-3-1-2-4-8;/h7-9,11-12,15,24-25H,1-6H2,(H,19,20,21);7-9,11-12,15,23-24H,1-6H2,(H,19,20,21)(H,25,26,27);6-9,11-12,15,21-23H,1-5H2,(H,16,17,19);/q;;;+1/p-1/t3*9-,11-,12-,15-;/m111./s1. The zero-order chi connectivity index (χ0) is 58.7. The van der Waals surface area contributed by atoms with E-state index in [-0.39, 0.29) is 64.5 Å². The van der Waals surface area contributed by atoms with Gasteiger partial charge in [-0.25, -0.2) is 33.3 Å². The van der Waals surface area contributed by atoms with Gasteiger partial charge >= 0.3 is 29.6 Å². The quantitative estimate of drug-likeness (QED) is 0.0127. The third-order valence-corrected chi connectivity index (χ3v) is 16.2. The SMILES string of the molecule is O=S(=O)([O-])OC[C@H]1O[C@@H](n2cnc3c(NC4CCCCC4)nc(Cl)nc32)[C@H](O)[C@@H]1O.O=[N+]([O-])OC[C@H]1O[C@@H](n2cnc3c(NC4CCCCC4)nc(Cl)nc32)[C@H](O)[C@@H]1O.OC[C@H]1O[C@@H](n2cnc3c(NC4CCCC4)ncnc32)[C@H](O)[C@@H]1O.[Na+]. The number of nitrogens with zero attached hydrogens (tertiary/aromatic N) is 13. The molecular formula is C47H63Cl2N16NaO17S. The molecule has 10 N–H and O–H groups in total. The normalized spacial score (nSPS) is 28.6. The van der Waals surface area contributed by atoms with E-state index < -0.39 is 102 Å². The molecule has 84 heavy (non-hydrogen) atoms. The molecule has 0 aromatic carbocycles. The first-order valence-electron chi connectivity index (χ1n) is 27.2. The van der Waals surface area contributed by atoms with Crippen molar-refractivity contribution in [3.63, 3.8) is 0 Å². The van der Waals surface area contributed by atoms with Crippen LogP contribution in [0, 0.1) is 10.1 Å². The summed E-state index contributed by atoms with van der Waals surface area (Å²) in [6, 6.07) is 0.896. The first-order valence-corrected chi connectivity index (χ1v) is 29.2. The minimum absolute atomic E-state index is 0. The number of nitrogens with one attached hydrogen (secondary N) is 3. The van der Waals surface area contributed by atoms with E-state index in [2.05, 4.69) is 69.8 Å². The molecule has 12 atom stereocenters. The van der Waals surface area contributed by atoms with E-state index in [1.165, 1.54) is 60.1 Å². The number of halogens is 2. The molecule has 0 spiro atoms. The van der Waals surface area contributed by atoms with E-state index >= 15 is 0 Å². The molecule has 6 aromatic heterocycles. The Hall–Kier alpha value is -4.70. The number of imidazole rings is 3. The van der Waals surface area contributed by atoms with Crippen molar-refractivity contribution in [3.05, 3.63) is 46.0 Å². The second-order valence-electron chi connectivity index (χ2n) is 21.0. The van der Waals surface area contributed by atoms with Gasteiger partial charge in [0.25, 0.3) is 5.09 Å². The van der Waals surface area contributed by atoms with Crippen LogP contribution in [-0.2, 0) is 33.6 Å². The number of hydrogen-bond acceptors (Lipinski definition) is 29. The predicted octanol–water partition coefficient (Wildman–Crippen LogP) is -1.83. The van der Waals surface area contributed by atoms with Crippen LogP contribution in [-0.4, -0.2) is 205 Å². The fourth-order valence-corrected chi connectivity index (χ4v) is 11.9. The molecule has 37 heteroatoms. The molecule has 12 rings (SSSR count). The molecule has 9 heterocycles. The first kappa shape index (κ1) is 63.8. The van der Waals surface area contributed by atoms with Crippen molar-refractivity contribution in [1.82, 2.24) is 58.6 Å². The van der Waals surface area contributed by atoms with Crippen LogP contribution >= 0.6 is 23.2 Å². The molecule has 6 aliphatic rings. The minimum Gasteiger partial charge on any atom is -0.726 e. The monoisotopic (exact) mass is 1250 g/mol. The fraction of sp³-hybridized carbons (Fsp3) is 0.681. The molecule has 3 saturated heterocycles. The average Bonchev–Trinajstić information content (AvgIpc) is 3.22. The van der Waals surface area contributed by atoms with Crippen molar-refractivity contribution in [2.24, 2.45) is 0 Å². The Bertz CT molecular complexity index is 3300. The van der Waals surface area contributed by atoms with Gasteiger partial charge in [0, 0.05) is 18.1 Å². The van der Waals surface area contributed by atoms with Gasteiger partial charge in [-0.3, -0.25) is 17.9 Å². The van der Waals surface area contributed by atoms with E-state index in [1.807, 2.05) is 0 Å². The van der Waals surface area contributed by atoms with Gasteiger partial charge in [0.2, 0.25) is 21.0 Å². The zero-order valence-electron chi connectivity index (χ0n) is 45.2. The molecule has 33 nitrogen and oxygen atoms in total. The molecule has 0 amide bonds. The third-order valence-electron chi connectivity index (χ3n) is 15.5. The molecule has 6 fully saturated rings. The molecule has 0 radical (unpaired) electrons. The maximum atomic E-state index is 10.7. The van der Waals surface area contributed by atoms with Gasteiger partial charge in [0.05, 0.1) is 32.2 Å². The van der Waals surface area contributed by atoms with Gasteiger partial charge in [-0.2, -0.15) is 19.9 Å². The second-order valence-corrected chi connectivity index (χ2v) is 22.7. The molecule has 3 aliphatic heterocycles.